The Morgan fingerprint density at radius 1 is 1.21 bits per heavy atom. The molecule has 0 aliphatic heterocycles. The fourth-order valence-electron chi connectivity index (χ4n) is 3.63. The van der Waals surface area contributed by atoms with Crippen LogP contribution in [0.3, 0.4) is 0 Å². The van der Waals surface area contributed by atoms with Gasteiger partial charge in [0.05, 0.1) is 0 Å². The van der Waals surface area contributed by atoms with E-state index in [1.165, 1.54) is 44.9 Å². The number of aliphatic hydroxyl groups is 1. The lowest BCUT2D eigenvalue weighted by Gasteiger charge is -2.32. The Labute approximate surface area is 120 Å². The minimum atomic E-state index is 0.340. The molecule has 0 aromatic heterocycles. The van der Waals surface area contributed by atoms with Gasteiger partial charge in [0.15, 0.2) is 0 Å². The molecule has 0 spiro atoms. The molecule has 1 aliphatic carbocycles. The number of aliphatic hydroxyl groups excluding tert-OH is 1. The third-order valence-electron chi connectivity index (χ3n) is 4.52. The van der Waals surface area contributed by atoms with Crippen molar-refractivity contribution in [3.8, 4) is 0 Å². The number of hydrogen-bond acceptors (Lipinski definition) is 2. The molecule has 1 saturated carbocycles. The van der Waals surface area contributed by atoms with Gasteiger partial charge in [0.1, 0.15) is 0 Å². The zero-order valence-corrected chi connectivity index (χ0v) is 13.3. The summed E-state index contributed by atoms with van der Waals surface area (Å²) < 4.78 is 0. The van der Waals surface area contributed by atoms with Crippen LogP contribution < -0.4 is 5.32 Å². The van der Waals surface area contributed by atoms with Crippen molar-refractivity contribution in [1.82, 2.24) is 5.32 Å². The highest BCUT2D eigenvalue weighted by atomic mass is 16.3. The van der Waals surface area contributed by atoms with Crippen LogP contribution in [0.2, 0.25) is 0 Å². The van der Waals surface area contributed by atoms with Crippen LogP contribution in [0.1, 0.15) is 72.1 Å². The molecule has 0 aromatic carbocycles. The quantitative estimate of drug-likeness (QED) is 0.663. The van der Waals surface area contributed by atoms with E-state index in [0.29, 0.717) is 12.5 Å². The zero-order chi connectivity index (χ0) is 14.1. The van der Waals surface area contributed by atoms with Crippen LogP contribution in [0.5, 0.6) is 0 Å². The van der Waals surface area contributed by atoms with Crippen LogP contribution in [-0.2, 0) is 0 Å². The predicted molar refractivity (Wildman–Crippen MR) is 83.3 cm³/mol. The molecule has 1 aliphatic rings. The van der Waals surface area contributed by atoms with E-state index < -0.39 is 0 Å². The second-order valence-corrected chi connectivity index (χ2v) is 6.93. The Morgan fingerprint density at radius 2 is 2.00 bits per heavy atom. The van der Waals surface area contributed by atoms with Crippen molar-refractivity contribution in [3.05, 3.63) is 0 Å². The molecule has 0 heterocycles. The van der Waals surface area contributed by atoms with Gasteiger partial charge in [0, 0.05) is 12.6 Å². The Balaban J connectivity index is 2.26. The van der Waals surface area contributed by atoms with Crippen molar-refractivity contribution in [1.29, 1.82) is 0 Å². The van der Waals surface area contributed by atoms with Gasteiger partial charge >= 0.3 is 0 Å². The Bertz CT molecular complexity index is 211. The molecule has 3 unspecified atom stereocenters. The molecule has 2 nitrogen and oxygen atoms in total. The summed E-state index contributed by atoms with van der Waals surface area (Å²) in [5, 5.41) is 12.9. The monoisotopic (exact) mass is 269 g/mol. The minimum Gasteiger partial charge on any atom is -0.396 e. The van der Waals surface area contributed by atoms with E-state index in [-0.39, 0.29) is 0 Å². The Kier molecular flexibility index (Phi) is 8.72. The molecule has 114 valence electrons. The molecule has 2 N–H and O–H groups in total. The van der Waals surface area contributed by atoms with E-state index in [4.69, 9.17) is 5.11 Å². The lowest BCUT2D eigenvalue weighted by Crippen LogP contribution is -2.37. The highest BCUT2D eigenvalue weighted by Gasteiger charge is 2.22. The van der Waals surface area contributed by atoms with Gasteiger partial charge < -0.3 is 10.4 Å². The third kappa shape index (κ3) is 7.31. The number of rotatable bonds is 9. The van der Waals surface area contributed by atoms with E-state index in [1.54, 1.807) is 0 Å². The molecule has 2 heteroatoms. The van der Waals surface area contributed by atoms with Gasteiger partial charge in [-0.25, -0.2) is 0 Å². The fraction of sp³-hybridized carbons (Fsp3) is 1.00. The van der Waals surface area contributed by atoms with Gasteiger partial charge in [0.2, 0.25) is 0 Å². The maximum Gasteiger partial charge on any atom is 0.0434 e. The van der Waals surface area contributed by atoms with Crippen LogP contribution in [0, 0.1) is 17.8 Å². The molecular weight excluding hydrogens is 234 g/mol. The van der Waals surface area contributed by atoms with Crippen LogP contribution in [0.4, 0.5) is 0 Å². The van der Waals surface area contributed by atoms with Crippen LogP contribution in [0.25, 0.3) is 0 Å². The van der Waals surface area contributed by atoms with E-state index >= 15 is 0 Å². The SMILES string of the molecule is CCCC(CCO)CNC1CCCC(CC(C)C)C1. The maximum absolute atomic E-state index is 9.11. The summed E-state index contributed by atoms with van der Waals surface area (Å²) in [6.07, 6.45) is 10.4. The zero-order valence-electron chi connectivity index (χ0n) is 13.3. The highest BCUT2D eigenvalue weighted by molar-refractivity contribution is 4.79. The van der Waals surface area contributed by atoms with Gasteiger partial charge in [-0.15, -0.1) is 0 Å². The molecular formula is C17H35NO. The summed E-state index contributed by atoms with van der Waals surface area (Å²) >= 11 is 0. The van der Waals surface area contributed by atoms with E-state index in [1.807, 2.05) is 0 Å². The summed E-state index contributed by atoms with van der Waals surface area (Å²) in [6, 6.07) is 0.732. The summed E-state index contributed by atoms with van der Waals surface area (Å²) in [7, 11) is 0. The van der Waals surface area contributed by atoms with Crippen molar-refractivity contribution >= 4 is 0 Å². The first-order chi connectivity index (χ1) is 9.15. The fourth-order valence-corrected chi connectivity index (χ4v) is 3.63. The number of hydrogen-bond donors (Lipinski definition) is 2. The first-order valence-corrected chi connectivity index (χ1v) is 8.49. The highest BCUT2D eigenvalue weighted by Crippen LogP contribution is 2.29. The summed E-state index contributed by atoms with van der Waals surface area (Å²) in [6.45, 7) is 8.37. The van der Waals surface area contributed by atoms with Crippen LogP contribution >= 0.6 is 0 Å². The molecule has 1 rings (SSSR count). The standard InChI is InChI=1S/C17H35NO/c1-4-6-15(9-10-19)13-18-17-8-5-7-16(12-17)11-14(2)3/h14-19H,4-13H2,1-3H3. The average Bonchev–Trinajstić information content (AvgIpc) is 2.36. The van der Waals surface area contributed by atoms with Crippen molar-refractivity contribution in [2.24, 2.45) is 17.8 Å². The van der Waals surface area contributed by atoms with Crippen LogP contribution in [-0.4, -0.2) is 24.3 Å². The molecule has 0 radical (unpaired) electrons. The minimum absolute atomic E-state index is 0.340. The van der Waals surface area contributed by atoms with Crippen molar-refractivity contribution in [2.75, 3.05) is 13.2 Å². The molecule has 0 bridgehead atoms. The average molecular weight is 269 g/mol. The molecule has 1 fully saturated rings. The lowest BCUT2D eigenvalue weighted by molar-refractivity contribution is 0.222. The van der Waals surface area contributed by atoms with Crippen molar-refractivity contribution in [3.63, 3.8) is 0 Å². The van der Waals surface area contributed by atoms with Crippen molar-refractivity contribution < 1.29 is 5.11 Å². The smallest absolute Gasteiger partial charge is 0.0434 e. The predicted octanol–water partition coefficient (Wildman–Crippen LogP) is 3.98. The molecule has 0 saturated heterocycles. The number of nitrogens with one attached hydrogen (secondary N) is 1. The van der Waals surface area contributed by atoms with Crippen molar-refractivity contribution in [2.45, 2.75) is 78.2 Å². The third-order valence-corrected chi connectivity index (χ3v) is 4.52. The molecule has 0 amide bonds. The second kappa shape index (κ2) is 9.77. The molecule has 3 atom stereocenters. The normalized spacial score (nSPS) is 25.7. The van der Waals surface area contributed by atoms with Gasteiger partial charge in [-0.3, -0.25) is 0 Å². The Hall–Kier alpha value is -0.0800. The molecule has 0 aromatic rings. The van der Waals surface area contributed by atoms with E-state index in [2.05, 4.69) is 26.1 Å². The first-order valence-electron chi connectivity index (χ1n) is 8.49. The summed E-state index contributed by atoms with van der Waals surface area (Å²) in [4.78, 5) is 0. The van der Waals surface area contributed by atoms with Gasteiger partial charge in [0.25, 0.3) is 0 Å². The summed E-state index contributed by atoms with van der Waals surface area (Å²) in [5.41, 5.74) is 0. The van der Waals surface area contributed by atoms with E-state index in [9.17, 15) is 0 Å². The summed E-state index contributed by atoms with van der Waals surface area (Å²) in [5.74, 6) is 2.44. The van der Waals surface area contributed by atoms with E-state index in [0.717, 1.165) is 30.8 Å². The molecule has 19 heavy (non-hydrogen) atoms. The van der Waals surface area contributed by atoms with Gasteiger partial charge in [-0.05, 0) is 56.4 Å². The lowest BCUT2D eigenvalue weighted by atomic mass is 9.81. The topological polar surface area (TPSA) is 32.3 Å². The van der Waals surface area contributed by atoms with Gasteiger partial charge in [-0.2, -0.15) is 0 Å². The van der Waals surface area contributed by atoms with Gasteiger partial charge in [-0.1, -0.05) is 40.0 Å². The maximum atomic E-state index is 9.11. The first kappa shape index (κ1) is 17.0. The largest absolute Gasteiger partial charge is 0.396 e. The van der Waals surface area contributed by atoms with Crippen LogP contribution in [0.15, 0.2) is 0 Å². The Morgan fingerprint density at radius 3 is 2.63 bits per heavy atom. The second-order valence-electron chi connectivity index (χ2n) is 6.93.